The van der Waals surface area contributed by atoms with E-state index in [1.54, 1.807) is 13.8 Å². The molecule has 8 heteroatoms. The Balaban J connectivity index is 1.95. The van der Waals surface area contributed by atoms with Crippen LogP contribution >= 0.6 is 0 Å². The summed E-state index contributed by atoms with van der Waals surface area (Å²) in [7, 11) is 0. The summed E-state index contributed by atoms with van der Waals surface area (Å²) < 4.78 is 0. The molecule has 3 rings (SSSR count). The van der Waals surface area contributed by atoms with Crippen molar-refractivity contribution in [2.24, 2.45) is 10.8 Å². The summed E-state index contributed by atoms with van der Waals surface area (Å²) in [6, 6.07) is 0. The molecule has 0 radical (unpaired) electrons. The highest BCUT2D eigenvalue weighted by Crippen LogP contribution is 2.68. The normalized spacial score (nSPS) is 29.1. The standard InChI is InChI=1S/C14H15N3O5/c1-7-9(8(2)16-6-15-7)10(18)17-4-13(11(19)20)3-14(13,5-17)12(21)22/h6H,3-5H2,1-2H3,(H,19,20)(H,21,22)/t13-,14+. The van der Waals surface area contributed by atoms with Crippen LogP contribution in [0.15, 0.2) is 6.33 Å². The summed E-state index contributed by atoms with van der Waals surface area (Å²) in [6.45, 7) is 3.14. The fraction of sp³-hybridized carbons (Fsp3) is 0.500. The zero-order valence-corrected chi connectivity index (χ0v) is 12.2. The maximum atomic E-state index is 12.6. The summed E-state index contributed by atoms with van der Waals surface area (Å²) in [5.74, 6) is -2.74. The van der Waals surface area contributed by atoms with E-state index in [0.29, 0.717) is 17.0 Å². The van der Waals surface area contributed by atoms with Gasteiger partial charge in [0, 0.05) is 13.1 Å². The molecular weight excluding hydrogens is 290 g/mol. The molecule has 1 aromatic rings. The Kier molecular flexibility index (Phi) is 2.79. The number of hydrogen-bond donors (Lipinski definition) is 2. The van der Waals surface area contributed by atoms with Crippen LogP contribution in [-0.4, -0.2) is 56.0 Å². The number of likely N-dealkylation sites (tertiary alicyclic amines) is 1. The molecule has 1 saturated heterocycles. The first kappa shape index (κ1) is 14.4. The van der Waals surface area contributed by atoms with E-state index in [4.69, 9.17) is 0 Å². The third kappa shape index (κ3) is 1.60. The van der Waals surface area contributed by atoms with Gasteiger partial charge in [-0.05, 0) is 20.3 Å². The van der Waals surface area contributed by atoms with Gasteiger partial charge in [0.1, 0.15) is 17.2 Å². The minimum Gasteiger partial charge on any atom is -0.481 e. The lowest BCUT2D eigenvalue weighted by Gasteiger charge is -2.21. The molecular formula is C14H15N3O5. The van der Waals surface area contributed by atoms with Crippen LogP contribution in [-0.2, 0) is 9.59 Å². The van der Waals surface area contributed by atoms with Crippen LogP contribution in [0, 0.1) is 24.7 Å². The lowest BCUT2D eigenvalue weighted by atomic mass is 9.97. The lowest BCUT2D eigenvalue weighted by Crippen LogP contribution is -2.35. The van der Waals surface area contributed by atoms with Gasteiger partial charge >= 0.3 is 11.9 Å². The van der Waals surface area contributed by atoms with Crippen molar-refractivity contribution in [2.75, 3.05) is 13.1 Å². The number of nitrogens with zero attached hydrogens (tertiary/aromatic N) is 3. The number of carboxylic acid groups (broad SMARTS) is 2. The molecule has 0 spiro atoms. The molecule has 1 aliphatic carbocycles. The van der Waals surface area contributed by atoms with E-state index in [9.17, 15) is 24.6 Å². The fourth-order valence-corrected chi connectivity index (χ4v) is 3.49. The van der Waals surface area contributed by atoms with Gasteiger partial charge in [-0.3, -0.25) is 14.4 Å². The third-order valence-electron chi connectivity index (χ3n) is 4.86. The number of aromatic nitrogens is 2. The van der Waals surface area contributed by atoms with Gasteiger partial charge in [-0.25, -0.2) is 9.97 Å². The van der Waals surface area contributed by atoms with E-state index in [-0.39, 0.29) is 19.5 Å². The Morgan fingerprint density at radius 2 is 1.50 bits per heavy atom. The monoisotopic (exact) mass is 305 g/mol. The maximum Gasteiger partial charge on any atom is 0.312 e. The van der Waals surface area contributed by atoms with E-state index in [0.717, 1.165) is 0 Å². The SMILES string of the molecule is Cc1ncnc(C)c1C(=O)N1C[C@@]2(C(=O)O)C[C@@]2(C(=O)O)C1. The van der Waals surface area contributed by atoms with E-state index < -0.39 is 28.7 Å². The average Bonchev–Trinajstić information content (AvgIpc) is 2.97. The van der Waals surface area contributed by atoms with Gasteiger partial charge in [-0.15, -0.1) is 0 Å². The predicted molar refractivity (Wildman–Crippen MR) is 72.2 cm³/mol. The van der Waals surface area contributed by atoms with Crippen molar-refractivity contribution in [1.29, 1.82) is 0 Å². The van der Waals surface area contributed by atoms with Crippen molar-refractivity contribution in [2.45, 2.75) is 20.3 Å². The van der Waals surface area contributed by atoms with Gasteiger partial charge in [0.15, 0.2) is 0 Å². The van der Waals surface area contributed by atoms with Crippen LogP contribution in [0.5, 0.6) is 0 Å². The van der Waals surface area contributed by atoms with E-state index in [1.807, 2.05) is 0 Å². The second-order valence-electron chi connectivity index (χ2n) is 6.03. The number of hydrogen-bond acceptors (Lipinski definition) is 5. The van der Waals surface area contributed by atoms with E-state index >= 15 is 0 Å². The van der Waals surface area contributed by atoms with Gasteiger partial charge in [0.05, 0.1) is 17.0 Å². The summed E-state index contributed by atoms with van der Waals surface area (Å²) >= 11 is 0. The van der Waals surface area contributed by atoms with Gasteiger partial charge in [0.25, 0.3) is 5.91 Å². The number of piperidine rings is 1. The molecule has 2 fully saturated rings. The quantitative estimate of drug-likeness (QED) is 0.812. The van der Waals surface area contributed by atoms with Crippen molar-refractivity contribution in [3.63, 3.8) is 0 Å². The minimum atomic E-state index is -1.37. The van der Waals surface area contributed by atoms with Crippen LogP contribution in [0.3, 0.4) is 0 Å². The summed E-state index contributed by atoms with van der Waals surface area (Å²) in [5, 5.41) is 18.8. The molecule has 2 N–H and O–H groups in total. The summed E-state index contributed by atoms with van der Waals surface area (Å²) in [5.41, 5.74) is -1.44. The average molecular weight is 305 g/mol. The summed E-state index contributed by atoms with van der Waals surface area (Å²) in [4.78, 5) is 44.9. The predicted octanol–water partition coefficient (Wildman–Crippen LogP) is 0.0949. The molecule has 1 amide bonds. The molecule has 8 nitrogen and oxygen atoms in total. The van der Waals surface area contributed by atoms with Crippen LogP contribution < -0.4 is 0 Å². The van der Waals surface area contributed by atoms with Crippen molar-refractivity contribution in [3.05, 3.63) is 23.3 Å². The van der Waals surface area contributed by atoms with Crippen molar-refractivity contribution < 1.29 is 24.6 Å². The van der Waals surface area contributed by atoms with Crippen LogP contribution in [0.25, 0.3) is 0 Å². The number of fused-ring (bicyclic) bond motifs is 1. The third-order valence-corrected chi connectivity index (χ3v) is 4.86. The Bertz CT molecular complexity index is 670. The molecule has 2 heterocycles. The van der Waals surface area contributed by atoms with Crippen LogP contribution in [0.4, 0.5) is 0 Å². The molecule has 116 valence electrons. The Morgan fingerprint density at radius 3 is 1.91 bits per heavy atom. The number of aryl methyl sites for hydroxylation is 2. The van der Waals surface area contributed by atoms with E-state index in [2.05, 4.69) is 9.97 Å². The molecule has 1 aromatic heterocycles. The second kappa shape index (κ2) is 4.25. The molecule has 2 atom stereocenters. The topological polar surface area (TPSA) is 121 Å². The zero-order chi connectivity index (χ0) is 16.3. The molecule has 1 aliphatic heterocycles. The van der Waals surface area contributed by atoms with Gasteiger partial charge < -0.3 is 15.1 Å². The highest BCUT2D eigenvalue weighted by Gasteiger charge is 2.81. The maximum absolute atomic E-state index is 12.6. The Labute approximate surface area is 125 Å². The number of carbonyl (C=O) groups is 3. The van der Waals surface area contributed by atoms with Crippen molar-refractivity contribution in [3.8, 4) is 0 Å². The van der Waals surface area contributed by atoms with Crippen molar-refractivity contribution >= 4 is 17.8 Å². The molecule has 0 aromatic carbocycles. The number of amides is 1. The molecule has 0 unspecified atom stereocenters. The number of aliphatic carboxylic acids is 2. The first-order chi connectivity index (χ1) is 10.2. The number of carboxylic acids is 2. The van der Waals surface area contributed by atoms with Gasteiger partial charge in [0.2, 0.25) is 0 Å². The fourth-order valence-electron chi connectivity index (χ4n) is 3.49. The number of rotatable bonds is 3. The first-order valence-electron chi connectivity index (χ1n) is 6.79. The van der Waals surface area contributed by atoms with Crippen molar-refractivity contribution in [1.82, 2.24) is 14.9 Å². The molecule has 22 heavy (non-hydrogen) atoms. The number of carbonyl (C=O) groups excluding carboxylic acids is 1. The summed E-state index contributed by atoms with van der Waals surface area (Å²) in [6.07, 6.45) is 1.41. The minimum absolute atomic E-state index is 0.0672. The molecule has 0 bridgehead atoms. The molecule has 2 aliphatic rings. The largest absolute Gasteiger partial charge is 0.481 e. The van der Waals surface area contributed by atoms with Crippen LogP contribution in [0.2, 0.25) is 0 Å². The second-order valence-corrected chi connectivity index (χ2v) is 6.03. The van der Waals surface area contributed by atoms with Gasteiger partial charge in [-0.1, -0.05) is 0 Å². The Hall–Kier alpha value is -2.51. The smallest absolute Gasteiger partial charge is 0.312 e. The van der Waals surface area contributed by atoms with E-state index in [1.165, 1.54) is 11.2 Å². The zero-order valence-electron chi connectivity index (χ0n) is 12.2. The highest BCUT2D eigenvalue weighted by molar-refractivity contribution is 6.00. The molecule has 1 saturated carbocycles. The highest BCUT2D eigenvalue weighted by atomic mass is 16.4. The van der Waals surface area contributed by atoms with Gasteiger partial charge in [-0.2, -0.15) is 0 Å². The Morgan fingerprint density at radius 1 is 1.05 bits per heavy atom. The first-order valence-corrected chi connectivity index (χ1v) is 6.79. The lowest BCUT2D eigenvalue weighted by molar-refractivity contribution is -0.151. The van der Waals surface area contributed by atoms with Crippen LogP contribution in [0.1, 0.15) is 28.2 Å².